The van der Waals surface area contributed by atoms with Gasteiger partial charge in [-0.15, -0.1) is 0 Å². The van der Waals surface area contributed by atoms with Crippen LogP contribution in [-0.4, -0.2) is 50.3 Å². The van der Waals surface area contributed by atoms with Crippen LogP contribution in [0.5, 0.6) is 0 Å². The molecule has 0 aromatic carbocycles. The average molecular weight is 280 g/mol. The maximum atomic E-state index is 5.95. The minimum Gasteiger partial charge on any atom is -0.378 e. The van der Waals surface area contributed by atoms with Crippen LogP contribution < -0.4 is 5.32 Å². The van der Waals surface area contributed by atoms with Crippen molar-refractivity contribution >= 4 is 0 Å². The molecule has 1 N–H and O–H groups in total. The van der Waals surface area contributed by atoms with Crippen molar-refractivity contribution in [1.82, 2.24) is 10.2 Å². The summed E-state index contributed by atoms with van der Waals surface area (Å²) in [4.78, 5) is 2.46. The summed E-state index contributed by atoms with van der Waals surface area (Å²) < 4.78 is 5.95. The summed E-state index contributed by atoms with van der Waals surface area (Å²) in [6.45, 7) is 9.20. The van der Waals surface area contributed by atoms with Gasteiger partial charge in [0.2, 0.25) is 0 Å². The van der Waals surface area contributed by atoms with Crippen LogP contribution in [0.2, 0.25) is 0 Å². The second kappa shape index (κ2) is 5.58. The zero-order valence-corrected chi connectivity index (χ0v) is 13.6. The molecule has 0 amide bonds. The molecule has 2 unspecified atom stereocenters. The molecule has 116 valence electrons. The first-order valence-electron chi connectivity index (χ1n) is 8.61. The van der Waals surface area contributed by atoms with Crippen LogP contribution in [0.1, 0.15) is 52.4 Å². The summed E-state index contributed by atoms with van der Waals surface area (Å²) in [6, 6.07) is 0.726. The minimum atomic E-state index is 0.508. The summed E-state index contributed by atoms with van der Waals surface area (Å²) in [5.41, 5.74) is 1.02. The van der Waals surface area contributed by atoms with Crippen LogP contribution in [0.3, 0.4) is 0 Å². The van der Waals surface area contributed by atoms with Crippen molar-refractivity contribution in [3.63, 3.8) is 0 Å². The molecular weight excluding hydrogens is 248 g/mol. The lowest BCUT2D eigenvalue weighted by Gasteiger charge is -2.61. The maximum absolute atomic E-state index is 5.95. The first-order chi connectivity index (χ1) is 9.58. The average Bonchev–Trinajstić information content (AvgIpc) is 2.35. The standard InChI is InChI=1S/C17H32N2O/c1-4-20-15-12-14(17(15)6-5-7-17)18-13-16(2)8-10-19(3)11-9-16/h14-15,18H,4-13H2,1-3H3. The molecule has 1 heterocycles. The molecule has 2 saturated carbocycles. The number of likely N-dealkylation sites (tertiary alicyclic amines) is 1. The highest BCUT2D eigenvalue weighted by atomic mass is 16.5. The van der Waals surface area contributed by atoms with E-state index in [1.54, 1.807) is 0 Å². The van der Waals surface area contributed by atoms with E-state index in [2.05, 4.69) is 31.1 Å². The molecule has 0 bridgehead atoms. The van der Waals surface area contributed by atoms with Gasteiger partial charge in [0.1, 0.15) is 0 Å². The molecule has 3 nitrogen and oxygen atoms in total. The highest BCUT2D eigenvalue weighted by molar-refractivity contribution is 5.12. The molecule has 3 rings (SSSR count). The summed E-state index contributed by atoms with van der Waals surface area (Å²) in [5, 5.41) is 3.93. The van der Waals surface area contributed by atoms with Crippen molar-refractivity contribution in [1.29, 1.82) is 0 Å². The van der Waals surface area contributed by atoms with E-state index in [9.17, 15) is 0 Å². The highest BCUT2D eigenvalue weighted by Gasteiger charge is 2.58. The monoisotopic (exact) mass is 280 g/mol. The largest absolute Gasteiger partial charge is 0.378 e. The number of nitrogens with one attached hydrogen (secondary N) is 1. The Morgan fingerprint density at radius 1 is 1.20 bits per heavy atom. The van der Waals surface area contributed by atoms with Crippen LogP contribution in [0, 0.1) is 10.8 Å². The van der Waals surface area contributed by atoms with Gasteiger partial charge < -0.3 is 15.0 Å². The maximum Gasteiger partial charge on any atom is 0.0661 e. The van der Waals surface area contributed by atoms with Gasteiger partial charge in [0.05, 0.1) is 6.10 Å². The molecule has 0 radical (unpaired) electrons. The fraction of sp³-hybridized carbons (Fsp3) is 1.00. The molecule has 1 saturated heterocycles. The number of nitrogens with zero attached hydrogens (tertiary/aromatic N) is 1. The van der Waals surface area contributed by atoms with Crippen LogP contribution in [0.4, 0.5) is 0 Å². The van der Waals surface area contributed by atoms with E-state index in [4.69, 9.17) is 4.74 Å². The van der Waals surface area contributed by atoms with Crippen LogP contribution >= 0.6 is 0 Å². The second-order valence-corrected chi connectivity index (χ2v) is 7.81. The first-order valence-corrected chi connectivity index (χ1v) is 8.61. The minimum absolute atomic E-state index is 0.508. The van der Waals surface area contributed by atoms with E-state index in [-0.39, 0.29) is 0 Å². The Morgan fingerprint density at radius 3 is 2.45 bits per heavy atom. The van der Waals surface area contributed by atoms with Crippen molar-refractivity contribution in [2.24, 2.45) is 10.8 Å². The van der Waals surface area contributed by atoms with Crippen LogP contribution in [0.15, 0.2) is 0 Å². The number of hydrogen-bond donors (Lipinski definition) is 1. The summed E-state index contributed by atoms with van der Waals surface area (Å²) in [6.07, 6.45) is 8.64. The number of hydrogen-bond acceptors (Lipinski definition) is 3. The molecule has 2 atom stereocenters. The van der Waals surface area contributed by atoms with Crippen molar-refractivity contribution < 1.29 is 4.74 Å². The third-order valence-electron chi connectivity index (χ3n) is 6.41. The molecule has 0 aromatic rings. The summed E-state index contributed by atoms with van der Waals surface area (Å²) in [5.74, 6) is 0. The Morgan fingerprint density at radius 2 is 1.90 bits per heavy atom. The fourth-order valence-corrected chi connectivity index (χ4v) is 4.43. The van der Waals surface area contributed by atoms with Crippen molar-refractivity contribution in [2.75, 3.05) is 33.3 Å². The van der Waals surface area contributed by atoms with Gasteiger partial charge in [-0.1, -0.05) is 13.3 Å². The van der Waals surface area contributed by atoms with Crippen LogP contribution in [-0.2, 0) is 4.74 Å². The molecule has 1 spiro atoms. The van der Waals surface area contributed by atoms with Gasteiger partial charge in [-0.2, -0.15) is 0 Å². The Balaban J connectivity index is 1.49. The zero-order chi connectivity index (χ0) is 14.2. The van der Waals surface area contributed by atoms with Crippen LogP contribution in [0.25, 0.3) is 0 Å². The fourth-order valence-electron chi connectivity index (χ4n) is 4.43. The van der Waals surface area contributed by atoms with Crippen molar-refractivity contribution in [2.45, 2.75) is 64.5 Å². The van der Waals surface area contributed by atoms with E-state index in [1.807, 2.05) is 0 Å². The second-order valence-electron chi connectivity index (χ2n) is 7.81. The Hall–Kier alpha value is -0.120. The van der Waals surface area contributed by atoms with E-state index in [1.165, 1.54) is 58.2 Å². The Labute approximate surface area is 124 Å². The SMILES string of the molecule is CCOC1CC(NCC2(C)CCN(C)CC2)C12CCC2. The lowest BCUT2D eigenvalue weighted by atomic mass is 9.51. The Bertz CT molecular complexity index is 332. The topological polar surface area (TPSA) is 24.5 Å². The van der Waals surface area contributed by atoms with Gasteiger partial charge in [-0.05, 0) is 64.6 Å². The predicted molar refractivity (Wildman–Crippen MR) is 82.9 cm³/mol. The Kier molecular flexibility index (Phi) is 4.13. The number of rotatable bonds is 5. The van der Waals surface area contributed by atoms with E-state index >= 15 is 0 Å². The van der Waals surface area contributed by atoms with Gasteiger partial charge in [0, 0.05) is 24.6 Å². The summed E-state index contributed by atoms with van der Waals surface area (Å²) >= 11 is 0. The summed E-state index contributed by atoms with van der Waals surface area (Å²) in [7, 11) is 2.25. The normalized spacial score (nSPS) is 35.5. The quantitative estimate of drug-likeness (QED) is 0.838. The predicted octanol–water partition coefficient (Wildman–Crippen LogP) is 2.66. The van der Waals surface area contributed by atoms with E-state index in [0.29, 0.717) is 16.9 Å². The molecule has 0 aromatic heterocycles. The molecule has 20 heavy (non-hydrogen) atoms. The molecule has 1 aliphatic heterocycles. The molecular formula is C17H32N2O. The van der Waals surface area contributed by atoms with Gasteiger partial charge in [0.15, 0.2) is 0 Å². The van der Waals surface area contributed by atoms with E-state index < -0.39 is 0 Å². The number of ether oxygens (including phenoxy) is 1. The zero-order valence-electron chi connectivity index (χ0n) is 13.6. The lowest BCUT2D eigenvalue weighted by molar-refractivity contribution is -0.174. The highest BCUT2D eigenvalue weighted by Crippen LogP contribution is 2.57. The van der Waals surface area contributed by atoms with Gasteiger partial charge in [-0.3, -0.25) is 0 Å². The van der Waals surface area contributed by atoms with Gasteiger partial charge in [-0.25, -0.2) is 0 Å². The van der Waals surface area contributed by atoms with Gasteiger partial charge in [0.25, 0.3) is 0 Å². The molecule has 3 aliphatic rings. The van der Waals surface area contributed by atoms with Crippen molar-refractivity contribution in [3.8, 4) is 0 Å². The van der Waals surface area contributed by atoms with E-state index in [0.717, 1.165) is 12.6 Å². The third kappa shape index (κ3) is 2.53. The molecule has 3 heteroatoms. The van der Waals surface area contributed by atoms with Crippen molar-refractivity contribution in [3.05, 3.63) is 0 Å². The first kappa shape index (κ1) is 14.8. The molecule has 3 fully saturated rings. The van der Waals surface area contributed by atoms with Gasteiger partial charge >= 0.3 is 0 Å². The third-order valence-corrected chi connectivity index (χ3v) is 6.41. The smallest absolute Gasteiger partial charge is 0.0661 e. The molecule has 2 aliphatic carbocycles. The number of piperidine rings is 1. The lowest BCUT2D eigenvalue weighted by Crippen LogP contribution is -2.67.